The Morgan fingerprint density at radius 2 is 1.83 bits per heavy atom. The first-order valence-electron chi connectivity index (χ1n) is 5.86. The zero-order chi connectivity index (χ0) is 13.3. The number of nitrogens with zero attached hydrogens (tertiary/aromatic N) is 2. The molecule has 0 aliphatic carbocycles. The Hall–Kier alpha value is -1.81. The molecule has 0 saturated carbocycles. The van der Waals surface area contributed by atoms with E-state index >= 15 is 0 Å². The third kappa shape index (κ3) is 2.11. The summed E-state index contributed by atoms with van der Waals surface area (Å²) in [6.07, 6.45) is 0. The molecular formula is C14H18N2O2. The first-order valence-corrected chi connectivity index (χ1v) is 5.86. The van der Waals surface area contributed by atoms with E-state index in [9.17, 15) is 0 Å². The van der Waals surface area contributed by atoms with Crippen LogP contribution in [0.2, 0.25) is 0 Å². The number of hydrogen-bond acceptors (Lipinski definition) is 3. The number of rotatable bonds is 3. The molecule has 0 spiro atoms. The maximum atomic E-state index is 9.15. The maximum Gasteiger partial charge on any atom is 0.119 e. The Morgan fingerprint density at radius 3 is 2.28 bits per heavy atom. The maximum absolute atomic E-state index is 9.15. The van der Waals surface area contributed by atoms with Crippen LogP contribution in [0.3, 0.4) is 0 Å². The van der Waals surface area contributed by atoms with Crippen molar-refractivity contribution in [2.24, 2.45) is 7.05 Å². The second kappa shape index (κ2) is 4.82. The minimum Gasteiger partial charge on any atom is -0.497 e. The predicted octanol–water partition coefficient (Wildman–Crippen LogP) is 2.20. The summed E-state index contributed by atoms with van der Waals surface area (Å²) >= 11 is 0. The van der Waals surface area contributed by atoms with Crippen molar-refractivity contribution < 1.29 is 9.84 Å². The minimum atomic E-state index is -0.0396. The van der Waals surface area contributed by atoms with Gasteiger partial charge in [0, 0.05) is 12.6 Å². The average Bonchev–Trinajstić information content (AvgIpc) is 2.70. The molecule has 18 heavy (non-hydrogen) atoms. The Labute approximate surface area is 107 Å². The largest absolute Gasteiger partial charge is 0.497 e. The van der Waals surface area contributed by atoms with E-state index in [0.29, 0.717) is 5.69 Å². The highest BCUT2D eigenvalue weighted by Crippen LogP contribution is 2.31. The summed E-state index contributed by atoms with van der Waals surface area (Å²) < 4.78 is 7.06. The quantitative estimate of drug-likeness (QED) is 0.903. The monoisotopic (exact) mass is 246 g/mol. The van der Waals surface area contributed by atoms with Gasteiger partial charge in [0.25, 0.3) is 0 Å². The van der Waals surface area contributed by atoms with Crippen LogP contribution in [0.25, 0.3) is 11.3 Å². The fourth-order valence-electron chi connectivity index (χ4n) is 2.28. The van der Waals surface area contributed by atoms with E-state index in [-0.39, 0.29) is 6.61 Å². The summed E-state index contributed by atoms with van der Waals surface area (Å²) in [7, 11) is 3.55. The zero-order valence-electron chi connectivity index (χ0n) is 11.2. The summed E-state index contributed by atoms with van der Waals surface area (Å²) in [5.41, 5.74) is 5.11. The topological polar surface area (TPSA) is 47.3 Å². The molecule has 0 aliphatic heterocycles. The molecule has 0 amide bonds. The Morgan fingerprint density at radius 1 is 1.22 bits per heavy atom. The van der Waals surface area contributed by atoms with E-state index in [2.05, 4.69) is 18.9 Å². The van der Waals surface area contributed by atoms with Crippen molar-refractivity contribution in [3.05, 3.63) is 35.0 Å². The van der Waals surface area contributed by atoms with Crippen LogP contribution in [-0.2, 0) is 13.7 Å². The predicted molar refractivity (Wildman–Crippen MR) is 70.6 cm³/mol. The number of aliphatic hydroxyl groups excluding tert-OH is 1. The smallest absolute Gasteiger partial charge is 0.119 e. The zero-order valence-corrected chi connectivity index (χ0v) is 11.2. The van der Waals surface area contributed by atoms with Crippen molar-refractivity contribution in [3.8, 4) is 17.0 Å². The molecule has 1 heterocycles. The lowest BCUT2D eigenvalue weighted by Gasteiger charge is -2.12. The van der Waals surface area contributed by atoms with Crippen molar-refractivity contribution in [3.63, 3.8) is 0 Å². The van der Waals surface area contributed by atoms with E-state index in [4.69, 9.17) is 9.84 Å². The summed E-state index contributed by atoms with van der Waals surface area (Å²) in [6, 6.07) is 5.93. The second-order valence-corrected chi connectivity index (χ2v) is 4.44. The summed E-state index contributed by atoms with van der Waals surface area (Å²) in [4.78, 5) is 0. The van der Waals surface area contributed by atoms with Gasteiger partial charge in [0.2, 0.25) is 0 Å². The molecule has 1 N–H and O–H groups in total. The summed E-state index contributed by atoms with van der Waals surface area (Å²) in [5.74, 6) is 0.860. The minimum absolute atomic E-state index is 0.0396. The number of aryl methyl sites for hydroxylation is 3. The lowest BCUT2D eigenvalue weighted by Crippen LogP contribution is -1.98. The van der Waals surface area contributed by atoms with Crippen LogP contribution in [0.5, 0.6) is 5.75 Å². The SMILES string of the molecule is COc1cc(C)c(-c2cc(CO)nn2C)c(C)c1. The summed E-state index contributed by atoms with van der Waals surface area (Å²) in [5, 5.41) is 13.4. The van der Waals surface area contributed by atoms with Gasteiger partial charge in [-0.15, -0.1) is 0 Å². The van der Waals surface area contributed by atoms with Gasteiger partial charge in [-0.25, -0.2) is 0 Å². The number of aliphatic hydroxyl groups is 1. The number of aromatic nitrogens is 2. The van der Waals surface area contributed by atoms with Gasteiger partial charge in [-0.2, -0.15) is 5.10 Å². The molecule has 0 fully saturated rings. The van der Waals surface area contributed by atoms with E-state index in [1.54, 1.807) is 11.8 Å². The third-order valence-electron chi connectivity index (χ3n) is 3.09. The van der Waals surface area contributed by atoms with Gasteiger partial charge in [0.05, 0.1) is 25.1 Å². The highest BCUT2D eigenvalue weighted by molar-refractivity contribution is 5.69. The van der Waals surface area contributed by atoms with Crippen LogP contribution in [-0.4, -0.2) is 22.0 Å². The Bertz CT molecular complexity index is 550. The molecule has 2 aromatic rings. The van der Waals surface area contributed by atoms with Crippen molar-refractivity contribution in [2.45, 2.75) is 20.5 Å². The van der Waals surface area contributed by atoms with Crippen LogP contribution in [0.15, 0.2) is 18.2 Å². The standard InChI is InChI=1S/C14H18N2O2/c1-9-5-12(18-4)6-10(2)14(9)13-7-11(8-17)15-16(13)3/h5-7,17H,8H2,1-4H3. The van der Waals surface area contributed by atoms with Gasteiger partial charge in [-0.3, -0.25) is 4.68 Å². The van der Waals surface area contributed by atoms with E-state index in [1.165, 1.54) is 0 Å². The Kier molecular flexibility index (Phi) is 3.39. The highest BCUT2D eigenvalue weighted by atomic mass is 16.5. The average molecular weight is 246 g/mol. The lowest BCUT2D eigenvalue weighted by atomic mass is 9.99. The second-order valence-electron chi connectivity index (χ2n) is 4.44. The van der Waals surface area contributed by atoms with E-state index in [1.807, 2.05) is 25.2 Å². The molecule has 0 bridgehead atoms. The van der Waals surface area contributed by atoms with Crippen LogP contribution in [0.4, 0.5) is 0 Å². The molecule has 1 aromatic heterocycles. The summed E-state index contributed by atoms with van der Waals surface area (Å²) in [6.45, 7) is 4.06. The molecule has 0 aliphatic rings. The fraction of sp³-hybridized carbons (Fsp3) is 0.357. The fourth-order valence-corrected chi connectivity index (χ4v) is 2.28. The van der Waals surface area contributed by atoms with E-state index < -0.39 is 0 Å². The van der Waals surface area contributed by atoms with Gasteiger partial charge in [0.1, 0.15) is 5.75 Å². The Balaban J connectivity index is 2.59. The number of ether oxygens (including phenoxy) is 1. The van der Waals surface area contributed by atoms with Gasteiger partial charge in [-0.1, -0.05) is 0 Å². The van der Waals surface area contributed by atoms with Crippen molar-refractivity contribution in [1.29, 1.82) is 0 Å². The first-order chi connectivity index (χ1) is 8.56. The van der Waals surface area contributed by atoms with E-state index in [0.717, 1.165) is 28.1 Å². The molecule has 4 nitrogen and oxygen atoms in total. The number of methoxy groups -OCH3 is 1. The molecule has 4 heteroatoms. The van der Waals surface area contributed by atoms with Crippen molar-refractivity contribution in [1.82, 2.24) is 9.78 Å². The number of hydrogen-bond donors (Lipinski definition) is 1. The molecule has 0 unspecified atom stereocenters. The molecule has 96 valence electrons. The molecule has 0 saturated heterocycles. The molecule has 1 aromatic carbocycles. The molecule has 2 rings (SSSR count). The van der Waals surface area contributed by atoms with Crippen molar-refractivity contribution in [2.75, 3.05) is 7.11 Å². The van der Waals surface area contributed by atoms with Crippen LogP contribution < -0.4 is 4.74 Å². The van der Waals surface area contributed by atoms with Gasteiger partial charge in [-0.05, 0) is 43.2 Å². The van der Waals surface area contributed by atoms with Gasteiger partial charge >= 0.3 is 0 Å². The van der Waals surface area contributed by atoms with Crippen LogP contribution >= 0.6 is 0 Å². The normalized spacial score (nSPS) is 10.7. The molecule has 0 atom stereocenters. The van der Waals surface area contributed by atoms with Crippen LogP contribution in [0, 0.1) is 13.8 Å². The van der Waals surface area contributed by atoms with Gasteiger partial charge in [0.15, 0.2) is 0 Å². The van der Waals surface area contributed by atoms with Crippen molar-refractivity contribution >= 4 is 0 Å². The highest BCUT2D eigenvalue weighted by Gasteiger charge is 2.13. The van der Waals surface area contributed by atoms with Crippen LogP contribution in [0.1, 0.15) is 16.8 Å². The first kappa shape index (κ1) is 12.6. The van der Waals surface area contributed by atoms with Gasteiger partial charge < -0.3 is 9.84 Å². The molecule has 0 radical (unpaired) electrons. The lowest BCUT2D eigenvalue weighted by molar-refractivity contribution is 0.275. The third-order valence-corrected chi connectivity index (χ3v) is 3.09. The number of benzene rings is 1. The molecular weight excluding hydrogens is 228 g/mol.